The molecule has 0 saturated heterocycles. The fourth-order valence-electron chi connectivity index (χ4n) is 0.658. The van der Waals surface area contributed by atoms with E-state index >= 15 is 0 Å². The topological polar surface area (TPSA) is 59.1 Å². The van der Waals surface area contributed by atoms with Gasteiger partial charge in [0.2, 0.25) is 0 Å². The third kappa shape index (κ3) is 1.34. The molecule has 3 N–H and O–H groups in total. The summed E-state index contributed by atoms with van der Waals surface area (Å²) in [6, 6.07) is 0. The number of hydrogen-bond donors (Lipinski definition) is 2. The minimum Gasteiger partial charge on any atom is -0.504 e. The van der Waals surface area contributed by atoms with Gasteiger partial charge in [0.1, 0.15) is 15.9 Å². The summed E-state index contributed by atoms with van der Waals surface area (Å²) in [7, 11) is 0. The first-order chi connectivity index (χ1) is 5.04. The highest BCUT2D eigenvalue weighted by Gasteiger charge is 2.11. The molecule has 0 unspecified atom stereocenters. The van der Waals surface area contributed by atoms with Crippen molar-refractivity contribution in [1.29, 1.82) is 0 Å². The Kier molecular flexibility index (Phi) is 2.11. The second kappa shape index (κ2) is 2.75. The number of pyridine rings is 1. The summed E-state index contributed by atoms with van der Waals surface area (Å²) >= 11 is 11.2. The Morgan fingerprint density at radius 2 is 1.91 bits per heavy atom. The number of anilines is 1. The Morgan fingerprint density at radius 3 is 2.45 bits per heavy atom. The molecule has 11 heavy (non-hydrogen) atoms. The largest absolute Gasteiger partial charge is 0.504 e. The van der Waals surface area contributed by atoms with Crippen LogP contribution in [0.1, 0.15) is 5.69 Å². The molecule has 3 nitrogen and oxygen atoms in total. The first-order valence-electron chi connectivity index (χ1n) is 2.84. The summed E-state index contributed by atoms with van der Waals surface area (Å²) in [5, 5.41) is 9.32. The monoisotopic (exact) mass is 192 g/mol. The van der Waals surface area contributed by atoms with Crippen LogP contribution in [0.4, 0.5) is 5.82 Å². The average Bonchev–Trinajstić information content (AvgIpc) is 1.97. The van der Waals surface area contributed by atoms with Crippen LogP contribution in [0.15, 0.2) is 0 Å². The maximum absolute atomic E-state index is 9.18. The molecule has 0 aliphatic carbocycles. The van der Waals surface area contributed by atoms with Gasteiger partial charge in [-0.25, -0.2) is 4.98 Å². The maximum atomic E-state index is 9.18. The van der Waals surface area contributed by atoms with Crippen molar-refractivity contribution in [3.8, 4) is 5.75 Å². The second-order valence-electron chi connectivity index (χ2n) is 2.06. The molecule has 1 aromatic heterocycles. The standard InChI is InChI=1S/C6H6Cl2N2O/c1-2-5(11)3(7)4(8)6(9)10-2/h11H,1H3,(H2,9,10). The molecule has 1 rings (SSSR count). The molecule has 0 aliphatic rings. The van der Waals surface area contributed by atoms with Crippen molar-refractivity contribution in [3.63, 3.8) is 0 Å². The predicted molar refractivity (Wildman–Crippen MR) is 45.1 cm³/mol. The van der Waals surface area contributed by atoms with Gasteiger partial charge < -0.3 is 10.8 Å². The molecule has 0 aromatic carbocycles. The Bertz CT molecular complexity index is 275. The van der Waals surface area contributed by atoms with Crippen molar-refractivity contribution >= 4 is 29.0 Å². The van der Waals surface area contributed by atoms with Gasteiger partial charge in [0.15, 0.2) is 5.75 Å². The first-order valence-corrected chi connectivity index (χ1v) is 3.59. The van der Waals surface area contributed by atoms with E-state index in [0.29, 0.717) is 5.69 Å². The Labute approximate surface area is 73.8 Å². The molecule has 0 bridgehead atoms. The lowest BCUT2D eigenvalue weighted by atomic mass is 10.3. The normalized spacial score (nSPS) is 10.1. The first kappa shape index (κ1) is 8.43. The molecule has 0 saturated carbocycles. The van der Waals surface area contributed by atoms with Crippen LogP contribution in [0, 0.1) is 6.92 Å². The van der Waals surface area contributed by atoms with Gasteiger partial charge in [-0.2, -0.15) is 0 Å². The summed E-state index contributed by atoms with van der Waals surface area (Å²) in [6.07, 6.45) is 0. The highest BCUT2D eigenvalue weighted by atomic mass is 35.5. The molecule has 0 atom stereocenters. The zero-order valence-electron chi connectivity index (χ0n) is 5.73. The lowest BCUT2D eigenvalue weighted by molar-refractivity contribution is 0.468. The molecule has 0 spiro atoms. The number of aryl methyl sites for hydroxylation is 1. The van der Waals surface area contributed by atoms with Gasteiger partial charge in [-0.05, 0) is 6.92 Å². The van der Waals surface area contributed by atoms with Crippen molar-refractivity contribution in [3.05, 3.63) is 15.7 Å². The molecular formula is C6H6Cl2N2O. The third-order valence-electron chi connectivity index (χ3n) is 1.26. The van der Waals surface area contributed by atoms with Crippen LogP contribution in [0.2, 0.25) is 10.0 Å². The van der Waals surface area contributed by atoms with E-state index in [0.717, 1.165) is 0 Å². The Morgan fingerprint density at radius 1 is 1.36 bits per heavy atom. The quantitative estimate of drug-likeness (QED) is 0.662. The molecule has 5 heteroatoms. The van der Waals surface area contributed by atoms with E-state index in [4.69, 9.17) is 28.9 Å². The van der Waals surface area contributed by atoms with Crippen molar-refractivity contribution in [2.24, 2.45) is 0 Å². The SMILES string of the molecule is Cc1nc(N)c(Cl)c(Cl)c1O. The molecule has 60 valence electrons. The summed E-state index contributed by atoms with van der Waals surface area (Å²) in [4.78, 5) is 3.74. The Hall–Kier alpha value is -0.670. The molecule has 0 radical (unpaired) electrons. The summed E-state index contributed by atoms with van der Waals surface area (Å²) < 4.78 is 0. The van der Waals surface area contributed by atoms with E-state index < -0.39 is 0 Å². The Balaban J connectivity index is 3.46. The highest BCUT2D eigenvalue weighted by molar-refractivity contribution is 6.44. The van der Waals surface area contributed by atoms with E-state index in [9.17, 15) is 5.11 Å². The van der Waals surface area contributed by atoms with Crippen LogP contribution in [0.3, 0.4) is 0 Å². The summed E-state index contributed by atoms with van der Waals surface area (Å²) in [5.41, 5.74) is 5.72. The minimum atomic E-state index is -0.120. The van der Waals surface area contributed by atoms with E-state index in [1.165, 1.54) is 0 Å². The van der Waals surface area contributed by atoms with Gasteiger partial charge in [-0.3, -0.25) is 0 Å². The minimum absolute atomic E-state index is 0.0525. The lowest BCUT2D eigenvalue weighted by Gasteiger charge is -2.04. The highest BCUT2D eigenvalue weighted by Crippen LogP contribution is 2.35. The number of halogens is 2. The maximum Gasteiger partial charge on any atom is 0.157 e. The second-order valence-corrected chi connectivity index (χ2v) is 2.81. The van der Waals surface area contributed by atoms with E-state index in [1.54, 1.807) is 6.92 Å². The summed E-state index contributed by atoms with van der Waals surface area (Å²) in [5.74, 6) is 0.0119. The van der Waals surface area contributed by atoms with Crippen LogP contribution in [0.5, 0.6) is 5.75 Å². The number of hydrogen-bond acceptors (Lipinski definition) is 3. The van der Waals surface area contributed by atoms with Crippen LogP contribution < -0.4 is 5.73 Å². The van der Waals surface area contributed by atoms with Gasteiger partial charge >= 0.3 is 0 Å². The molecule has 0 amide bonds. The van der Waals surface area contributed by atoms with Gasteiger partial charge in [0.25, 0.3) is 0 Å². The number of nitrogen functional groups attached to an aromatic ring is 1. The van der Waals surface area contributed by atoms with Crippen molar-refractivity contribution in [2.75, 3.05) is 5.73 Å². The lowest BCUT2D eigenvalue weighted by Crippen LogP contribution is -1.94. The van der Waals surface area contributed by atoms with Crippen molar-refractivity contribution in [2.45, 2.75) is 6.92 Å². The number of rotatable bonds is 0. The van der Waals surface area contributed by atoms with Crippen LogP contribution >= 0.6 is 23.2 Å². The average molecular weight is 193 g/mol. The fraction of sp³-hybridized carbons (Fsp3) is 0.167. The number of aromatic hydroxyl groups is 1. The van der Waals surface area contributed by atoms with Crippen LogP contribution in [-0.2, 0) is 0 Å². The number of nitrogens with two attached hydrogens (primary N) is 1. The van der Waals surface area contributed by atoms with Crippen LogP contribution in [-0.4, -0.2) is 10.1 Å². The molecule has 1 heterocycles. The van der Waals surface area contributed by atoms with E-state index in [-0.39, 0.29) is 21.6 Å². The zero-order valence-corrected chi connectivity index (χ0v) is 7.24. The molecule has 0 fully saturated rings. The van der Waals surface area contributed by atoms with E-state index in [2.05, 4.69) is 4.98 Å². The van der Waals surface area contributed by atoms with Gasteiger partial charge in [0, 0.05) is 0 Å². The molecule has 0 aliphatic heterocycles. The van der Waals surface area contributed by atoms with Gasteiger partial charge in [-0.1, -0.05) is 23.2 Å². The zero-order chi connectivity index (χ0) is 8.59. The third-order valence-corrected chi connectivity index (χ3v) is 2.10. The summed E-state index contributed by atoms with van der Waals surface area (Å²) in [6.45, 7) is 1.59. The van der Waals surface area contributed by atoms with Crippen molar-refractivity contribution < 1.29 is 5.11 Å². The van der Waals surface area contributed by atoms with Crippen LogP contribution in [0.25, 0.3) is 0 Å². The molecule has 1 aromatic rings. The van der Waals surface area contributed by atoms with E-state index in [1.807, 2.05) is 0 Å². The molecular weight excluding hydrogens is 187 g/mol. The fourth-order valence-corrected chi connectivity index (χ4v) is 1.02. The number of nitrogens with zero attached hydrogens (tertiary/aromatic N) is 1. The number of aromatic nitrogens is 1. The van der Waals surface area contributed by atoms with Crippen molar-refractivity contribution in [1.82, 2.24) is 4.98 Å². The van der Waals surface area contributed by atoms with Gasteiger partial charge in [0.05, 0.1) is 5.69 Å². The smallest absolute Gasteiger partial charge is 0.157 e. The predicted octanol–water partition coefficient (Wildman–Crippen LogP) is 1.98. The van der Waals surface area contributed by atoms with Gasteiger partial charge in [-0.15, -0.1) is 0 Å².